The lowest BCUT2D eigenvalue weighted by Crippen LogP contribution is -2.36. The maximum Gasteiger partial charge on any atom is 0.272 e. The quantitative estimate of drug-likeness (QED) is 0.742. The van der Waals surface area contributed by atoms with Gasteiger partial charge in [-0.05, 0) is 37.3 Å². The lowest BCUT2D eigenvalue weighted by atomic mass is 10.1. The number of aromatic amines is 1. The molecule has 1 saturated heterocycles. The molecule has 6 nitrogen and oxygen atoms in total. The minimum atomic E-state index is 0.00628. The molecule has 134 valence electrons. The Morgan fingerprint density at radius 3 is 2.88 bits per heavy atom. The summed E-state index contributed by atoms with van der Waals surface area (Å²) in [6, 6.07) is 10.0. The number of piperidine rings is 1. The highest BCUT2D eigenvalue weighted by Crippen LogP contribution is 2.18. The Morgan fingerprint density at radius 1 is 1.15 bits per heavy atom. The van der Waals surface area contributed by atoms with Gasteiger partial charge in [-0.1, -0.05) is 18.2 Å². The van der Waals surface area contributed by atoms with E-state index in [2.05, 4.69) is 44.7 Å². The van der Waals surface area contributed by atoms with Crippen LogP contribution in [0.25, 0.3) is 10.9 Å². The molecule has 1 aliphatic heterocycles. The van der Waals surface area contributed by atoms with Gasteiger partial charge in [-0.2, -0.15) is 0 Å². The smallest absolute Gasteiger partial charge is 0.272 e. The molecule has 1 aliphatic rings. The number of nitrogens with one attached hydrogen (secondary N) is 2. The number of fused-ring (bicyclic) bond motifs is 1. The Hall–Kier alpha value is -2.89. The van der Waals surface area contributed by atoms with Gasteiger partial charge in [0.1, 0.15) is 17.8 Å². The number of likely N-dealkylation sites (tertiary alicyclic amines) is 1. The topological polar surface area (TPSA) is 73.9 Å². The predicted molar refractivity (Wildman–Crippen MR) is 102 cm³/mol. The largest absolute Gasteiger partial charge is 0.370 e. The Morgan fingerprint density at radius 2 is 2.00 bits per heavy atom. The first-order chi connectivity index (χ1) is 12.8. The van der Waals surface area contributed by atoms with Gasteiger partial charge in [-0.25, -0.2) is 9.97 Å². The van der Waals surface area contributed by atoms with E-state index in [1.807, 2.05) is 11.0 Å². The van der Waals surface area contributed by atoms with E-state index in [0.717, 1.165) is 44.4 Å². The van der Waals surface area contributed by atoms with Gasteiger partial charge < -0.3 is 15.2 Å². The summed E-state index contributed by atoms with van der Waals surface area (Å²) in [5.74, 6) is 0.701. The number of hydrogen-bond donors (Lipinski definition) is 2. The van der Waals surface area contributed by atoms with Crippen LogP contribution in [0.1, 0.15) is 35.3 Å². The van der Waals surface area contributed by atoms with E-state index in [-0.39, 0.29) is 5.91 Å². The molecule has 1 fully saturated rings. The predicted octanol–water partition coefficient (Wildman–Crippen LogP) is 3.24. The molecule has 1 amide bonds. The van der Waals surface area contributed by atoms with Crippen molar-refractivity contribution in [2.24, 2.45) is 0 Å². The number of benzene rings is 1. The second-order valence-corrected chi connectivity index (χ2v) is 6.68. The summed E-state index contributed by atoms with van der Waals surface area (Å²) in [6.45, 7) is 2.40. The Labute approximate surface area is 152 Å². The van der Waals surface area contributed by atoms with Crippen LogP contribution in [0, 0.1) is 0 Å². The van der Waals surface area contributed by atoms with Gasteiger partial charge in [0, 0.05) is 42.8 Å². The molecule has 0 bridgehead atoms. The average Bonchev–Trinajstić information content (AvgIpc) is 3.12. The number of carbonyl (C=O) groups excluding carboxylic acids is 1. The zero-order chi connectivity index (χ0) is 17.8. The molecule has 0 radical (unpaired) electrons. The Kier molecular flexibility index (Phi) is 4.82. The molecule has 26 heavy (non-hydrogen) atoms. The van der Waals surface area contributed by atoms with Crippen LogP contribution in [-0.2, 0) is 6.42 Å². The summed E-state index contributed by atoms with van der Waals surface area (Å²) in [7, 11) is 0. The summed E-state index contributed by atoms with van der Waals surface area (Å²) >= 11 is 0. The standard InChI is InChI=1S/C20H23N5O/c26-20(25-10-4-1-5-11-25)18-12-19(24-14-23-18)21-9-8-15-13-22-17-7-3-2-6-16(15)17/h2-3,6-7,12-14,22H,1,4-5,8-11H2,(H,21,23,24). The molecule has 0 unspecified atom stereocenters. The SMILES string of the molecule is O=C(c1cc(NCCc2c[nH]c3ccccc23)ncn1)N1CCCCC1. The third-order valence-electron chi connectivity index (χ3n) is 4.90. The van der Waals surface area contributed by atoms with Gasteiger partial charge in [-0.15, -0.1) is 0 Å². The monoisotopic (exact) mass is 349 g/mol. The van der Waals surface area contributed by atoms with Crippen molar-refractivity contribution >= 4 is 22.6 Å². The van der Waals surface area contributed by atoms with Gasteiger partial charge in [0.2, 0.25) is 0 Å². The molecule has 0 spiro atoms. The third kappa shape index (κ3) is 3.54. The molecule has 4 rings (SSSR count). The van der Waals surface area contributed by atoms with Gasteiger partial charge in [-0.3, -0.25) is 4.79 Å². The normalized spacial score (nSPS) is 14.5. The fourth-order valence-electron chi connectivity index (χ4n) is 3.49. The van der Waals surface area contributed by atoms with Crippen LogP contribution in [0.3, 0.4) is 0 Å². The number of rotatable bonds is 5. The number of hydrogen-bond acceptors (Lipinski definition) is 4. The van der Waals surface area contributed by atoms with Crippen molar-refractivity contribution in [3.63, 3.8) is 0 Å². The van der Waals surface area contributed by atoms with Gasteiger partial charge in [0.25, 0.3) is 5.91 Å². The number of anilines is 1. The summed E-state index contributed by atoms with van der Waals surface area (Å²) in [5, 5.41) is 4.56. The van der Waals surface area contributed by atoms with Gasteiger partial charge >= 0.3 is 0 Å². The maximum atomic E-state index is 12.6. The molecular formula is C20H23N5O. The fourth-order valence-corrected chi connectivity index (χ4v) is 3.49. The number of aromatic nitrogens is 3. The molecule has 3 aromatic rings. The highest BCUT2D eigenvalue weighted by Gasteiger charge is 2.19. The van der Waals surface area contributed by atoms with Crippen molar-refractivity contribution in [1.29, 1.82) is 0 Å². The third-order valence-corrected chi connectivity index (χ3v) is 4.90. The van der Waals surface area contributed by atoms with Crippen LogP contribution in [0.5, 0.6) is 0 Å². The second-order valence-electron chi connectivity index (χ2n) is 6.68. The molecule has 0 aliphatic carbocycles. The van der Waals surface area contributed by atoms with E-state index < -0.39 is 0 Å². The highest BCUT2D eigenvalue weighted by molar-refractivity contribution is 5.93. The first-order valence-corrected chi connectivity index (χ1v) is 9.21. The molecule has 1 aromatic carbocycles. The number of para-hydroxylation sites is 1. The van der Waals surface area contributed by atoms with Gasteiger partial charge in [0.15, 0.2) is 0 Å². The van der Waals surface area contributed by atoms with Crippen LogP contribution < -0.4 is 5.32 Å². The van der Waals surface area contributed by atoms with Crippen LogP contribution in [-0.4, -0.2) is 45.4 Å². The Bertz CT molecular complexity index is 898. The van der Waals surface area contributed by atoms with Crippen molar-refractivity contribution < 1.29 is 4.79 Å². The summed E-state index contributed by atoms with van der Waals surface area (Å²) in [6.07, 6.45) is 7.75. The summed E-state index contributed by atoms with van der Waals surface area (Å²) in [4.78, 5) is 26.2. The van der Waals surface area contributed by atoms with E-state index in [9.17, 15) is 4.79 Å². The van der Waals surface area contributed by atoms with Crippen molar-refractivity contribution in [1.82, 2.24) is 19.9 Å². The van der Waals surface area contributed by atoms with E-state index >= 15 is 0 Å². The summed E-state index contributed by atoms with van der Waals surface area (Å²) < 4.78 is 0. The molecule has 6 heteroatoms. The van der Waals surface area contributed by atoms with Crippen molar-refractivity contribution in [3.05, 3.63) is 54.1 Å². The zero-order valence-electron chi connectivity index (χ0n) is 14.7. The van der Waals surface area contributed by atoms with Crippen LogP contribution >= 0.6 is 0 Å². The molecule has 0 atom stereocenters. The molecule has 3 heterocycles. The summed E-state index contributed by atoms with van der Waals surface area (Å²) in [5.41, 5.74) is 2.89. The van der Waals surface area contributed by atoms with E-state index in [4.69, 9.17) is 0 Å². The maximum absolute atomic E-state index is 12.6. The van der Waals surface area contributed by atoms with Crippen LogP contribution in [0.15, 0.2) is 42.9 Å². The zero-order valence-corrected chi connectivity index (χ0v) is 14.7. The number of carbonyl (C=O) groups is 1. The van der Waals surface area contributed by atoms with E-state index in [1.54, 1.807) is 6.07 Å². The minimum absolute atomic E-state index is 0.00628. The van der Waals surface area contributed by atoms with Crippen molar-refractivity contribution in [2.75, 3.05) is 25.0 Å². The molecule has 2 aromatic heterocycles. The van der Waals surface area contributed by atoms with Crippen molar-refractivity contribution in [3.8, 4) is 0 Å². The highest BCUT2D eigenvalue weighted by atomic mass is 16.2. The lowest BCUT2D eigenvalue weighted by molar-refractivity contribution is 0.0718. The second kappa shape index (κ2) is 7.56. The number of nitrogens with zero attached hydrogens (tertiary/aromatic N) is 3. The van der Waals surface area contributed by atoms with E-state index in [1.165, 1.54) is 23.7 Å². The lowest BCUT2D eigenvalue weighted by Gasteiger charge is -2.26. The van der Waals surface area contributed by atoms with E-state index in [0.29, 0.717) is 11.5 Å². The van der Waals surface area contributed by atoms with Crippen LogP contribution in [0.2, 0.25) is 0 Å². The molecular weight excluding hydrogens is 326 g/mol. The first kappa shape index (κ1) is 16.6. The van der Waals surface area contributed by atoms with Gasteiger partial charge in [0.05, 0.1) is 0 Å². The molecule has 0 saturated carbocycles. The average molecular weight is 349 g/mol. The van der Waals surface area contributed by atoms with Crippen LogP contribution in [0.4, 0.5) is 5.82 Å². The first-order valence-electron chi connectivity index (χ1n) is 9.21. The minimum Gasteiger partial charge on any atom is -0.370 e. The van der Waals surface area contributed by atoms with Crippen molar-refractivity contribution in [2.45, 2.75) is 25.7 Å². The fraction of sp³-hybridized carbons (Fsp3) is 0.350. The molecule has 2 N–H and O–H groups in total. The Balaban J connectivity index is 1.38. The number of H-pyrrole nitrogens is 1. The number of amides is 1.